The lowest BCUT2D eigenvalue weighted by Gasteiger charge is -2.13. The van der Waals surface area contributed by atoms with Gasteiger partial charge in [0.1, 0.15) is 16.1 Å². The van der Waals surface area contributed by atoms with Crippen molar-refractivity contribution in [3.63, 3.8) is 0 Å². The van der Waals surface area contributed by atoms with E-state index in [4.69, 9.17) is 8.92 Å². The lowest BCUT2D eigenvalue weighted by Crippen LogP contribution is -2.12. The topological polar surface area (TPSA) is 103 Å². The highest BCUT2D eigenvalue weighted by Crippen LogP contribution is 2.33. The SMILES string of the molecule is COc1cc(/C=N/Nc2ncnc3sc(C)c(C)c23)ccc1OS(=O)(=O)c1cc(C)ccc1C. The molecule has 0 saturated heterocycles. The highest BCUT2D eigenvalue weighted by Gasteiger charge is 2.21. The molecule has 0 aliphatic carbocycles. The summed E-state index contributed by atoms with van der Waals surface area (Å²) in [5.74, 6) is 0.983. The standard InChI is InChI=1S/C24H24N4O4S2/c1-14-6-7-15(2)21(10-14)34(29,30)32-19-9-8-18(11-20(19)31-5)12-27-28-23-22-16(3)17(4)33-24(22)26-13-25-23/h6-13H,1-5H3,(H,25,26,28)/b27-12+. The third kappa shape index (κ3) is 4.73. The zero-order chi connectivity index (χ0) is 24.5. The maximum absolute atomic E-state index is 12.9. The second kappa shape index (κ2) is 9.40. The maximum Gasteiger partial charge on any atom is 0.339 e. The maximum atomic E-state index is 12.9. The molecular formula is C24H24N4O4S2. The molecule has 0 radical (unpaired) electrons. The van der Waals surface area contributed by atoms with Crippen LogP contribution >= 0.6 is 11.3 Å². The van der Waals surface area contributed by atoms with E-state index < -0.39 is 10.1 Å². The van der Waals surface area contributed by atoms with E-state index in [9.17, 15) is 8.42 Å². The van der Waals surface area contributed by atoms with Crippen LogP contribution in [0.3, 0.4) is 0 Å². The van der Waals surface area contributed by atoms with Crippen molar-refractivity contribution in [2.24, 2.45) is 5.10 Å². The van der Waals surface area contributed by atoms with Crippen molar-refractivity contribution in [2.75, 3.05) is 12.5 Å². The van der Waals surface area contributed by atoms with Gasteiger partial charge in [-0.3, -0.25) is 5.43 Å². The number of thiophene rings is 1. The Bertz CT molecular complexity index is 1510. The van der Waals surface area contributed by atoms with Gasteiger partial charge in [0.05, 0.1) is 18.7 Å². The Morgan fingerprint density at radius 1 is 1.03 bits per heavy atom. The van der Waals surface area contributed by atoms with Crippen molar-refractivity contribution in [1.29, 1.82) is 0 Å². The molecule has 0 unspecified atom stereocenters. The van der Waals surface area contributed by atoms with Crippen LogP contribution in [0.5, 0.6) is 11.5 Å². The zero-order valence-corrected chi connectivity index (χ0v) is 21.0. The van der Waals surface area contributed by atoms with Gasteiger partial charge in [0, 0.05) is 4.88 Å². The summed E-state index contributed by atoms with van der Waals surface area (Å²) in [5.41, 5.74) is 6.20. The van der Waals surface area contributed by atoms with Gasteiger partial charge in [-0.25, -0.2) is 9.97 Å². The van der Waals surface area contributed by atoms with Crippen LogP contribution in [0, 0.1) is 27.7 Å². The number of nitrogens with zero attached hydrogens (tertiary/aromatic N) is 3. The Balaban J connectivity index is 1.56. The molecule has 0 bridgehead atoms. The van der Waals surface area contributed by atoms with Crippen molar-refractivity contribution < 1.29 is 17.3 Å². The number of methoxy groups -OCH3 is 1. The molecule has 4 rings (SSSR count). The first-order chi connectivity index (χ1) is 16.2. The fourth-order valence-corrected chi connectivity index (χ4v) is 5.66. The molecule has 2 aromatic carbocycles. The molecule has 1 N–H and O–H groups in total. The molecule has 2 aromatic heterocycles. The van der Waals surface area contributed by atoms with Crippen LogP contribution in [0.25, 0.3) is 10.2 Å². The third-order valence-corrected chi connectivity index (χ3v) is 7.84. The van der Waals surface area contributed by atoms with E-state index in [1.807, 2.05) is 26.8 Å². The predicted octanol–water partition coefficient (Wildman–Crippen LogP) is 5.15. The van der Waals surface area contributed by atoms with Crippen LogP contribution in [-0.4, -0.2) is 31.7 Å². The number of nitrogens with one attached hydrogen (secondary N) is 1. The van der Waals surface area contributed by atoms with Gasteiger partial charge >= 0.3 is 10.1 Å². The number of hydrazone groups is 1. The van der Waals surface area contributed by atoms with Gasteiger partial charge in [-0.05, 0) is 74.2 Å². The Kier molecular flexibility index (Phi) is 6.54. The van der Waals surface area contributed by atoms with Crippen LogP contribution in [0.1, 0.15) is 27.1 Å². The molecular weight excluding hydrogens is 472 g/mol. The third-order valence-electron chi connectivity index (χ3n) is 5.35. The van der Waals surface area contributed by atoms with E-state index in [0.717, 1.165) is 21.3 Å². The Labute approximate surface area is 202 Å². The molecule has 2 heterocycles. The second-order valence-corrected chi connectivity index (χ2v) is 10.5. The highest BCUT2D eigenvalue weighted by molar-refractivity contribution is 7.87. The van der Waals surface area contributed by atoms with E-state index in [1.54, 1.807) is 48.7 Å². The molecule has 10 heteroatoms. The highest BCUT2D eigenvalue weighted by atomic mass is 32.2. The molecule has 8 nitrogen and oxygen atoms in total. The van der Waals surface area contributed by atoms with Gasteiger partial charge in [-0.1, -0.05) is 12.1 Å². The van der Waals surface area contributed by atoms with Crippen LogP contribution in [-0.2, 0) is 10.1 Å². The number of fused-ring (bicyclic) bond motifs is 1. The van der Waals surface area contributed by atoms with Gasteiger partial charge < -0.3 is 8.92 Å². The summed E-state index contributed by atoms with van der Waals surface area (Å²) in [5, 5.41) is 5.23. The molecule has 4 aromatic rings. The number of aryl methyl sites for hydroxylation is 4. The molecule has 0 atom stereocenters. The summed E-state index contributed by atoms with van der Waals surface area (Å²) in [6, 6.07) is 10.1. The second-order valence-electron chi connectivity index (χ2n) is 7.77. The number of benzene rings is 2. The minimum atomic E-state index is -4.03. The normalized spacial score (nSPS) is 11.8. The fourth-order valence-electron chi connectivity index (χ4n) is 3.41. The monoisotopic (exact) mass is 496 g/mol. The molecule has 176 valence electrons. The lowest BCUT2D eigenvalue weighted by atomic mass is 10.2. The number of ether oxygens (including phenoxy) is 1. The summed E-state index contributed by atoms with van der Waals surface area (Å²) in [6.07, 6.45) is 3.09. The Morgan fingerprint density at radius 3 is 2.59 bits per heavy atom. The summed E-state index contributed by atoms with van der Waals surface area (Å²) >= 11 is 1.61. The largest absolute Gasteiger partial charge is 0.493 e. The van der Waals surface area contributed by atoms with Gasteiger partial charge in [0.25, 0.3) is 0 Å². The fraction of sp³-hybridized carbons (Fsp3) is 0.208. The first kappa shape index (κ1) is 23.7. The molecule has 0 saturated carbocycles. The number of anilines is 1. The molecule has 0 aliphatic rings. The number of hydrogen-bond donors (Lipinski definition) is 1. The van der Waals surface area contributed by atoms with E-state index >= 15 is 0 Å². The van der Waals surface area contributed by atoms with Crippen LogP contribution in [0.4, 0.5) is 5.82 Å². The van der Waals surface area contributed by atoms with E-state index in [0.29, 0.717) is 16.9 Å². The predicted molar refractivity (Wildman–Crippen MR) is 135 cm³/mol. The van der Waals surface area contributed by atoms with Gasteiger partial charge in [-0.2, -0.15) is 13.5 Å². The average Bonchev–Trinajstić information content (AvgIpc) is 3.10. The summed E-state index contributed by atoms with van der Waals surface area (Å²) in [7, 11) is -2.58. The van der Waals surface area contributed by atoms with Crippen molar-refractivity contribution >= 4 is 43.7 Å². The molecule has 0 spiro atoms. The lowest BCUT2D eigenvalue weighted by molar-refractivity contribution is 0.390. The average molecular weight is 497 g/mol. The van der Waals surface area contributed by atoms with E-state index in [-0.39, 0.29) is 16.4 Å². The van der Waals surface area contributed by atoms with Crippen molar-refractivity contribution in [2.45, 2.75) is 32.6 Å². The minimum Gasteiger partial charge on any atom is -0.493 e. The summed E-state index contributed by atoms with van der Waals surface area (Å²) < 4.78 is 36.5. The summed E-state index contributed by atoms with van der Waals surface area (Å²) in [4.78, 5) is 10.8. The van der Waals surface area contributed by atoms with Crippen molar-refractivity contribution in [3.05, 3.63) is 69.9 Å². The Hall–Kier alpha value is -3.50. The smallest absolute Gasteiger partial charge is 0.339 e. The van der Waals surface area contributed by atoms with Crippen LogP contribution < -0.4 is 14.3 Å². The van der Waals surface area contributed by atoms with E-state index in [2.05, 4.69) is 20.5 Å². The first-order valence-electron chi connectivity index (χ1n) is 10.4. The molecule has 34 heavy (non-hydrogen) atoms. The zero-order valence-electron chi connectivity index (χ0n) is 19.4. The molecule has 0 aliphatic heterocycles. The minimum absolute atomic E-state index is 0.0930. The quantitative estimate of drug-likeness (QED) is 0.214. The Morgan fingerprint density at radius 2 is 1.82 bits per heavy atom. The van der Waals surface area contributed by atoms with Gasteiger partial charge in [-0.15, -0.1) is 11.3 Å². The number of hydrogen-bond acceptors (Lipinski definition) is 9. The van der Waals surface area contributed by atoms with Gasteiger partial charge in [0.15, 0.2) is 17.3 Å². The molecule has 0 fully saturated rings. The summed E-state index contributed by atoms with van der Waals surface area (Å²) in [6.45, 7) is 7.63. The van der Waals surface area contributed by atoms with E-state index in [1.165, 1.54) is 24.4 Å². The number of aromatic nitrogens is 2. The first-order valence-corrected chi connectivity index (χ1v) is 12.6. The van der Waals surface area contributed by atoms with Crippen molar-refractivity contribution in [3.8, 4) is 11.5 Å². The molecule has 0 amide bonds. The van der Waals surface area contributed by atoms with Crippen LogP contribution in [0.2, 0.25) is 0 Å². The number of rotatable bonds is 7. The van der Waals surface area contributed by atoms with Crippen molar-refractivity contribution in [1.82, 2.24) is 9.97 Å². The van der Waals surface area contributed by atoms with Crippen LogP contribution in [0.15, 0.2) is 52.7 Å². The van der Waals surface area contributed by atoms with Gasteiger partial charge in [0.2, 0.25) is 0 Å².